The number of carboxylic acids is 2. The number of primary amides is 1. The second-order valence-corrected chi connectivity index (χ2v) is 16.8. The molecule has 0 spiro atoms. The number of aliphatic carboxylic acids is 2. The van der Waals surface area contributed by atoms with Crippen molar-refractivity contribution < 1.29 is 63.2 Å². The smallest absolute Gasteiger partial charge is 0.367 e. The number of carbonyl (C=O) groups is 9. The average Bonchev–Trinajstić information content (AvgIpc) is 3.25. The highest BCUT2D eigenvalue weighted by atomic mass is 32.2. The summed E-state index contributed by atoms with van der Waals surface area (Å²) in [5.74, 6) is -9.12. The van der Waals surface area contributed by atoms with Gasteiger partial charge in [0, 0.05) is 18.6 Å². The molecule has 0 saturated carbocycles. The molecule has 0 aliphatic heterocycles. The molecule has 0 bridgehead atoms. The highest BCUT2D eigenvalue weighted by Crippen LogP contribution is 2.21. The molecule has 3 rings (SSSR count). The Labute approximate surface area is 379 Å². The molecule has 0 fully saturated rings. The monoisotopic (exact) mass is 921 g/mol. The van der Waals surface area contributed by atoms with Crippen LogP contribution >= 0.6 is 11.8 Å². The lowest BCUT2D eigenvalue weighted by atomic mass is 9.85. The van der Waals surface area contributed by atoms with E-state index in [1.165, 1.54) is 31.3 Å². The zero-order chi connectivity index (χ0) is 48.3. The number of hydrogen-bond acceptors (Lipinski definition) is 13. The van der Waals surface area contributed by atoms with Gasteiger partial charge < -0.3 is 57.7 Å². The molecule has 0 unspecified atom stereocenters. The number of carbonyl (C=O) groups excluding carboxylic acids is 7. The number of carboxylic acid groups (broad SMARTS) is 2. The summed E-state index contributed by atoms with van der Waals surface area (Å²) in [6.45, 7) is 4.64. The number of ether oxygens (including phenoxy) is 1. The summed E-state index contributed by atoms with van der Waals surface area (Å²) >= 11 is 0.579. The van der Waals surface area contributed by atoms with Crippen LogP contribution in [0.3, 0.4) is 0 Å². The number of amides is 6. The van der Waals surface area contributed by atoms with E-state index in [1.54, 1.807) is 81.4 Å². The number of aromatic hydroxyl groups is 1. The van der Waals surface area contributed by atoms with E-state index < -0.39 is 107 Å². The van der Waals surface area contributed by atoms with E-state index >= 15 is 0 Å². The van der Waals surface area contributed by atoms with Gasteiger partial charge in [-0.05, 0) is 53.0 Å². The summed E-state index contributed by atoms with van der Waals surface area (Å²) in [5.41, 5.74) is 6.14. The van der Waals surface area contributed by atoms with Crippen molar-refractivity contribution in [1.29, 1.82) is 0 Å². The van der Waals surface area contributed by atoms with E-state index in [4.69, 9.17) is 10.5 Å². The highest BCUT2D eigenvalue weighted by Gasteiger charge is 2.38. The van der Waals surface area contributed by atoms with Gasteiger partial charge in [-0.15, -0.1) is 0 Å². The lowest BCUT2D eigenvalue weighted by Gasteiger charge is -2.33. The average molecular weight is 922 g/mol. The Morgan fingerprint density at radius 1 is 0.585 bits per heavy atom. The fourth-order valence-electron chi connectivity index (χ4n) is 6.12. The molecule has 0 aliphatic rings. The van der Waals surface area contributed by atoms with Gasteiger partial charge >= 0.3 is 17.2 Å². The molecule has 0 aromatic heterocycles. The minimum atomic E-state index is -1.86. The maximum atomic E-state index is 14.1. The Morgan fingerprint density at radius 3 is 1.49 bits per heavy atom. The molecule has 6 amide bonds. The summed E-state index contributed by atoms with van der Waals surface area (Å²) < 4.78 is 5.21. The lowest BCUT2D eigenvalue weighted by Crippen LogP contribution is -2.62. The first-order valence-corrected chi connectivity index (χ1v) is 21.2. The second kappa shape index (κ2) is 25.3. The van der Waals surface area contributed by atoms with Crippen LogP contribution in [0.5, 0.6) is 5.75 Å². The topological polar surface area (TPSA) is 322 Å². The number of rotatable bonds is 24. The molecule has 0 aliphatic carbocycles. The van der Waals surface area contributed by atoms with Gasteiger partial charge in [0.1, 0.15) is 42.6 Å². The predicted molar refractivity (Wildman–Crippen MR) is 237 cm³/mol. The molecule has 0 heterocycles. The van der Waals surface area contributed by atoms with Crippen molar-refractivity contribution >= 4 is 64.4 Å². The van der Waals surface area contributed by atoms with Crippen LogP contribution in [-0.2, 0) is 62.5 Å². The van der Waals surface area contributed by atoms with Gasteiger partial charge in [0.25, 0.3) is 0 Å². The molecule has 20 nitrogen and oxygen atoms in total. The third kappa shape index (κ3) is 18.3. The minimum Gasteiger partial charge on any atom is -0.508 e. The number of phenolic OH excluding ortho intramolecular Hbond substituents is 1. The van der Waals surface area contributed by atoms with Crippen molar-refractivity contribution in [2.24, 2.45) is 11.1 Å². The van der Waals surface area contributed by atoms with Gasteiger partial charge in [0.15, 0.2) is 0 Å². The molecular weight excluding hydrogens is 867 g/mol. The first kappa shape index (κ1) is 52.3. The predicted octanol–water partition coefficient (Wildman–Crippen LogP) is 0.740. The first-order valence-electron chi connectivity index (χ1n) is 20.2. The van der Waals surface area contributed by atoms with Crippen molar-refractivity contribution in [3.8, 4) is 5.75 Å². The van der Waals surface area contributed by atoms with Crippen LogP contribution in [0, 0.1) is 5.41 Å². The summed E-state index contributed by atoms with van der Waals surface area (Å²) in [6.07, 6.45) is -2.00. The quantitative estimate of drug-likeness (QED) is 0.0554. The van der Waals surface area contributed by atoms with E-state index in [9.17, 15) is 58.5 Å². The maximum Gasteiger partial charge on any atom is 0.367 e. The lowest BCUT2D eigenvalue weighted by molar-refractivity contribution is -0.142. The van der Waals surface area contributed by atoms with Crippen molar-refractivity contribution in [1.82, 2.24) is 31.9 Å². The largest absolute Gasteiger partial charge is 0.508 e. The Morgan fingerprint density at radius 2 is 1.02 bits per heavy atom. The summed E-state index contributed by atoms with van der Waals surface area (Å²) in [7, 11) is 1.36. The number of nitrogens with one attached hydrogen (secondary N) is 6. The molecule has 21 heteroatoms. The van der Waals surface area contributed by atoms with E-state index in [0.717, 1.165) is 0 Å². The summed E-state index contributed by atoms with van der Waals surface area (Å²) in [4.78, 5) is 117. The Kier molecular flexibility index (Phi) is 20.4. The SMILES string of the molecule is CN[C@@H](CC(=O)O)C(=O)N[C@@H](Cc1ccccc1)C(=O)N[C@@H](Cc1ccc(O)cc1)C(=O)N[C@@H](CC(=O)O)C(=O)N[C@H](C(=O)N[C@@H](CSC(=O)OCc1ccccc1)C(N)=O)C(C)(C)C. The Balaban J connectivity index is 1.86. The third-order valence-electron chi connectivity index (χ3n) is 9.62. The summed E-state index contributed by atoms with van der Waals surface area (Å²) in [6, 6.07) is 13.9. The normalized spacial score (nSPS) is 13.8. The molecule has 65 heavy (non-hydrogen) atoms. The molecule has 3 aromatic carbocycles. The van der Waals surface area contributed by atoms with Gasteiger partial charge in [0.2, 0.25) is 35.4 Å². The fourth-order valence-corrected chi connectivity index (χ4v) is 6.81. The highest BCUT2D eigenvalue weighted by molar-refractivity contribution is 8.13. The molecule has 6 atom stereocenters. The third-order valence-corrected chi connectivity index (χ3v) is 10.5. The van der Waals surface area contributed by atoms with Crippen molar-refractivity contribution in [3.63, 3.8) is 0 Å². The molecular formula is C44H55N7O13S. The number of likely N-dealkylation sites (N-methyl/N-ethyl adjacent to an activating group) is 1. The van der Waals surface area contributed by atoms with Crippen LogP contribution in [0.15, 0.2) is 84.9 Å². The van der Waals surface area contributed by atoms with Gasteiger partial charge in [-0.3, -0.25) is 38.4 Å². The van der Waals surface area contributed by atoms with E-state index in [-0.39, 0.29) is 31.0 Å². The zero-order valence-electron chi connectivity index (χ0n) is 36.2. The van der Waals surface area contributed by atoms with Crippen molar-refractivity contribution in [3.05, 3.63) is 102 Å². The van der Waals surface area contributed by atoms with Gasteiger partial charge in [-0.25, -0.2) is 4.79 Å². The van der Waals surface area contributed by atoms with Gasteiger partial charge in [0.05, 0.1) is 18.9 Å². The summed E-state index contributed by atoms with van der Waals surface area (Å²) in [5, 5.41) is 43.2. The van der Waals surface area contributed by atoms with E-state index in [1.807, 2.05) is 0 Å². The second-order valence-electron chi connectivity index (χ2n) is 15.9. The van der Waals surface area contributed by atoms with Crippen LogP contribution < -0.4 is 37.6 Å². The van der Waals surface area contributed by atoms with Crippen LogP contribution in [0.1, 0.15) is 50.3 Å². The Bertz CT molecular complexity index is 2140. The number of phenols is 1. The minimum absolute atomic E-state index is 0.0447. The molecule has 3 aromatic rings. The van der Waals surface area contributed by atoms with E-state index in [2.05, 4.69) is 31.9 Å². The van der Waals surface area contributed by atoms with E-state index in [0.29, 0.717) is 28.5 Å². The number of thioether (sulfide) groups is 1. The first-order chi connectivity index (χ1) is 30.7. The van der Waals surface area contributed by atoms with Gasteiger partial charge in [-0.2, -0.15) is 0 Å². The number of hydrogen-bond donors (Lipinski definition) is 10. The Hall–Kier alpha value is -7.00. The number of benzene rings is 3. The number of nitrogens with two attached hydrogens (primary N) is 1. The standard InChI is InChI=1S/C44H55N7O13S/c1-44(2,3)36(42(62)50-33(37(45)57)24-65-43(63)64-23-27-13-9-6-10-14-27)51-41(61)32(22-35(55)56)49-40(60)31(20-26-15-17-28(52)18-16-26)48-39(59)30(19-25-11-7-5-8-12-25)47-38(58)29(46-4)21-34(53)54/h5-18,29-33,36,46,52H,19-24H2,1-4H3,(H2,45,57)(H,47,58)(H,48,59)(H,49,60)(H,50,62)(H,51,61)(H,53,54)(H,55,56)/t29-,30-,31-,32-,33-,36+/m0/s1. The zero-order valence-corrected chi connectivity index (χ0v) is 37.0. The molecule has 0 radical (unpaired) electrons. The maximum absolute atomic E-state index is 14.1. The van der Waals surface area contributed by atoms with Crippen molar-refractivity contribution in [2.75, 3.05) is 12.8 Å². The van der Waals surface area contributed by atoms with Crippen molar-refractivity contribution in [2.45, 2.75) is 89.3 Å². The molecule has 11 N–H and O–H groups in total. The van der Waals surface area contributed by atoms with Crippen LogP contribution in [0.4, 0.5) is 4.79 Å². The van der Waals surface area contributed by atoms with Crippen LogP contribution in [-0.4, -0.2) is 117 Å². The fraction of sp³-hybridized carbons (Fsp3) is 0.386. The van der Waals surface area contributed by atoms with Crippen LogP contribution in [0.25, 0.3) is 0 Å². The van der Waals surface area contributed by atoms with Gasteiger partial charge in [-0.1, -0.05) is 93.6 Å². The molecule has 350 valence electrons. The molecule has 0 saturated heterocycles. The van der Waals surface area contributed by atoms with Crippen LogP contribution in [0.2, 0.25) is 0 Å².